The van der Waals surface area contributed by atoms with E-state index in [-0.39, 0.29) is 5.92 Å². The first-order valence-electron chi connectivity index (χ1n) is 2.69. The van der Waals surface area contributed by atoms with Gasteiger partial charge in [0.1, 0.15) is 0 Å². The van der Waals surface area contributed by atoms with E-state index in [0.717, 1.165) is 5.57 Å². The van der Waals surface area contributed by atoms with Gasteiger partial charge in [-0.25, -0.2) is 0 Å². The molecule has 0 bridgehead atoms. The average molecular weight is 114 g/mol. The molecule has 9 heavy (non-hydrogen) atoms. The van der Waals surface area contributed by atoms with Gasteiger partial charge in [0.15, 0.2) is 0 Å². The number of allylic oxidation sites excluding steroid dienone is 4. The van der Waals surface area contributed by atoms with Gasteiger partial charge in [-0.2, -0.15) is 0 Å². The van der Waals surface area contributed by atoms with Crippen molar-refractivity contribution in [3.63, 3.8) is 0 Å². The second-order valence-electron chi connectivity index (χ2n) is 1.80. The van der Waals surface area contributed by atoms with Crippen LogP contribution in [0.3, 0.4) is 0 Å². The molecule has 0 aromatic heterocycles. The topological polar surface area (TPSA) is 0 Å². The fraction of sp³-hybridized carbons (Fsp3) is 0.111. The predicted octanol–water partition coefficient (Wildman–Crippen LogP) is 1.37. The van der Waals surface area contributed by atoms with Crippen molar-refractivity contribution in [2.45, 2.75) is 0 Å². The quantitative estimate of drug-likeness (QED) is 0.417. The van der Waals surface area contributed by atoms with Crippen LogP contribution in [0, 0.1) is 30.6 Å². The van der Waals surface area contributed by atoms with E-state index in [2.05, 4.69) is 11.8 Å². The Hall–Kier alpha value is -1.40. The zero-order valence-corrected chi connectivity index (χ0v) is 4.96. The van der Waals surface area contributed by atoms with Crippen LogP contribution in [0.2, 0.25) is 0 Å². The van der Waals surface area contributed by atoms with E-state index < -0.39 is 0 Å². The Morgan fingerprint density at radius 2 is 2.22 bits per heavy atom. The molecule has 1 aliphatic carbocycles. The van der Waals surface area contributed by atoms with Gasteiger partial charge in [-0.05, 0) is 6.08 Å². The van der Waals surface area contributed by atoms with Gasteiger partial charge in [-0.15, -0.1) is 12.8 Å². The molecule has 1 aliphatic rings. The standard InChI is InChI=1S/C9H6/c1-3-8-6-5-7-9(8)4-2/h1-2,5-8H. The van der Waals surface area contributed by atoms with Crippen LogP contribution in [-0.2, 0) is 0 Å². The maximum atomic E-state index is 5.16. The molecular formula is C9H6. The molecule has 0 aromatic rings. The minimum atomic E-state index is 0.0509. The summed E-state index contributed by atoms with van der Waals surface area (Å²) < 4.78 is 0. The molecule has 0 saturated heterocycles. The van der Waals surface area contributed by atoms with Crippen molar-refractivity contribution in [2.75, 3.05) is 0 Å². The molecule has 0 nitrogen and oxygen atoms in total. The van der Waals surface area contributed by atoms with Crippen molar-refractivity contribution < 1.29 is 0 Å². The highest BCUT2D eigenvalue weighted by molar-refractivity contribution is 5.43. The molecule has 0 amide bonds. The lowest BCUT2D eigenvalue weighted by Crippen LogP contribution is -1.89. The zero-order chi connectivity index (χ0) is 6.69. The average Bonchev–Trinajstić information content (AvgIpc) is 2.33. The predicted molar refractivity (Wildman–Crippen MR) is 38.4 cm³/mol. The lowest BCUT2D eigenvalue weighted by molar-refractivity contribution is 1.09. The van der Waals surface area contributed by atoms with E-state index in [1.54, 1.807) is 0 Å². The highest BCUT2D eigenvalue weighted by atomic mass is 14.1. The Morgan fingerprint density at radius 1 is 1.44 bits per heavy atom. The lowest BCUT2D eigenvalue weighted by atomic mass is 10.1. The molecule has 0 fully saturated rings. The first-order chi connectivity index (χ1) is 4.38. The fourth-order valence-electron chi connectivity index (χ4n) is 0.761. The fourth-order valence-corrected chi connectivity index (χ4v) is 0.761. The van der Waals surface area contributed by atoms with E-state index in [9.17, 15) is 0 Å². The van der Waals surface area contributed by atoms with Crippen LogP contribution < -0.4 is 0 Å². The molecule has 0 spiro atoms. The van der Waals surface area contributed by atoms with Crippen LogP contribution in [0.1, 0.15) is 0 Å². The molecule has 0 N–H and O–H groups in total. The van der Waals surface area contributed by atoms with Crippen LogP contribution in [0.15, 0.2) is 23.8 Å². The van der Waals surface area contributed by atoms with Crippen LogP contribution in [0.5, 0.6) is 0 Å². The Bertz CT molecular complexity index is 240. The summed E-state index contributed by atoms with van der Waals surface area (Å²) in [6.07, 6.45) is 16.0. The van der Waals surface area contributed by atoms with Crippen molar-refractivity contribution in [1.82, 2.24) is 0 Å². The number of hydrogen-bond donors (Lipinski definition) is 0. The molecule has 1 rings (SSSR count). The van der Waals surface area contributed by atoms with Crippen LogP contribution in [0.4, 0.5) is 0 Å². The van der Waals surface area contributed by atoms with Crippen LogP contribution in [-0.4, -0.2) is 0 Å². The van der Waals surface area contributed by atoms with Crippen LogP contribution in [0.25, 0.3) is 0 Å². The molecule has 1 unspecified atom stereocenters. The van der Waals surface area contributed by atoms with Gasteiger partial charge < -0.3 is 0 Å². The van der Waals surface area contributed by atoms with Crippen molar-refractivity contribution in [1.29, 1.82) is 0 Å². The molecule has 0 aliphatic heterocycles. The summed E-state index contributed by atoms with van der Waals surface area (Å²) in [5, 5.41) is 0. The smallest absolute Gasteiger partial charge is 0.0712 e. The molecule has 1 atom stereocenters. The van der Waals surface area contributed by atoms with Crippen molar-refractivity contribution in [3.05, 3.63) is 23.8 Å². The molecule has 0 radical (unpaired) electrons. The van der Waals surface area contributed by atoms with E-state index in [0.29, 0.717) is 0 Å². The van der Waals surface area contributed by atoms with Gasteiger partial charge in [0, 0.05) is 5.57 Å². The third kappa shape index (κ3) is 0.880. The Morgan fingerprint density at radius 3 is 2.67 bits per heavy atom. The third-order valence-corrected chi connectivity index (χ3v) is 1.26. The van der Waals surface area contributed by atoms with Gasteiger partial charge >= 0.3 is 0 Å². The molecule has 0 aromatic carbocycles. The second-order valence-corrected chi connectivity index (χ2v) is 1.80. The van der Waals surface area contributed by atoms with Crippen LogP contribution >= 0.6 is 0 Å². The summed E-state index contributed by atoms with van der Waals surface area (Å²) in [4.78, 5) is 0. The normalized spacial score (nSPS) is 22.4. The second kappa shape index (κ2) is 2.25. The minimum absolute atomic E-state index is 0.0509. The molecule has 42 valence electrons. The van der Waals surface area contributed by atoms with Gasteiger partial charge in [0.2, 0.25) is 0 Å². The number of hydrogen-bond acceptors (Lipinski definition) is 0. The summed E-state index contributed by atoms with van der Waals surface area (Å²) in [6.45, 7) is 0. The van der Waals surface area contributed by atoms with Gasteiger partial charge in [-0.1, -0.05) is 24.0 Å². The first-order valence-corrected chi connectivity index (χ1v) is 2.69. The zero-order valence-electron chi connectivity index (χ0n) is 4.96. The van der Waals surface area contributed by atoms with E-state index >= 15 is 0 Å². The Labute approximate surface area is 55.3 Å². The van der Waals surface area contributed by atoms with Crippen molar-refractivity contribution in [3.8, 4) is 24.7 Å². The summed E-state index contributed by atoms with van der Waals surface area (Å²) in [6, 6.07) is 0. The lowest BCUT2D eigenvalue weighted by Gasteiger charge is -1.95. The summed E-state index contributed by atoms with van der Waals surface area (Å²) in [5.74, 6) is 5.14. The SMILES string of the molecule is C#CC1=CC=CC1C#C. The Balaban J connectivity index is 2.84. The summed E-state index contributed by atoms with van der Waals surface area (Å²) in [7, 11) is 0. The maximum absolute atomic E-state index is 5.16. The number of terminal acetylenes is 2. The van der Waals surface area contributed by atoms with E-state index in [1.807, 2.05) is 18.2 Å². The van der Waals surface area contributed by atoms with Crippen molar-refractivity contribution in [2.24, 2.45) is 5.92 Å². The van der Waals surface area contributed by atoms with Crippen molar-refractivity contribution >= 4 is 0 Å². The van der Waals surface area contributed by atoms with Gasteiger partial charge in [-0.3, -0.25) is 0 Å². The molecular weight excluding hydrogens is 108 g/mol. The maximum Gasteiger partial charge on any atom is 0.0712 e. The monoisotopic (exact) mass is 114 g/mol. The highest BCUT2D eigenvalue weighted by Gasteiger charge is 2.07. The summed E-state index contributed by atoms with van der Waals surface area (Å²) in [5.41, 5.74) is 0.887. The molecule has 0 heterocycles. The minimum Gasteiger partial charge on any atom is -0.119 e. The largest absolute Gasteiger partial charge is 0.119 e. The molecule has 0 heteroatoms. The van der Waals surface area contributed by atoms with Gasteiger partial charge in [0.05, 0.1) is 5.92 Å². The van der Waals surface area contributed by atoms with E-state index in [1.165, 1.54) is 0 Å². The van der Waals surface area contributed by atoms with E-state index in [4.69, 9.17) is 12.8 Å². The van der Waals surface area contributed by atoms with Gasteiger partial charge in [0.25, 0.3) is 0 Å². The third-order valence-electron chi connectivity index (χ3n) is 1.26. The first kappa shape index (κ1) is 5.73. The molecule has 0 saturated carbocycles. The highest BCUT2D eigenvalue weighted by Crippen LogP contribution is 2.16. The number of rotatable bonds is 0. The summed E-state index contributed by atoms with van der Waals surface area (Å²) >= 11 is 0. The Kier molecular flexibility index (Phi) is 1.43.